The summed E-state index contributed by atoms with van der Waals surface area (Å²) in [6.45, 7) is 9.63. The predicted molar refractivity (Wildman–Crippen MR) is 139 cm³/mol. The molecule has 0 fully saturated rings. The first-order valence-corrected chi connectivity index (χ1v) is 11.9. The van der Waals surface area contributed by atoms with Crippen molar-refractivity contribution in [3.05, 3.63) is 118 Å². The van der Waals surface area contributed by atoms with Crippen molar-refractivity contribution in [2.45, 2.75) is 33.1 Å². The van der Waals surface area contributed by atoms with Crippen LogP contribution in [0.3, 0.4) is 0 Å². The number of nitrogens with zero attached hydrogens (tertiary/aromatic N) is 3. The van der Waals surface area contributed by atoms with Gasteiger partial charge in [-0.15, -0.1) is 0 Å². The fourth-order valence-electron chi connectivity index (χ4n) is 5.85. The van der Waals surface area contributed by atoms with E-state index in [1.165, 1.54) is 56.0 Å². The number of aromatic nitrogens is 2. The van der Waals surface area contributed by atoms with Crippen molar-refractivity contribution >= 4 is 5.69 Å². The number of allylic oxidation sites excluding steroid dienone is 2. The maximum Gasteiger partial charge on any atom is 0.0943 e. The lowest BCUT2D eigenvalue weighted by molar-refractivity contribution is 0.460. The molecule has 0 atom stereocenters. The Balaban J connectivity index is 1.67. The second-order valence-corrected chi connectivity index (χ2v) is 9.81. The van der Waals surface area contributed by atoms with Gasteiger partial charge in [-0.1, -0.05) is 59.7 Å². The molecule has 0 bridgehead atoms. The topological polar surface area (TPSA) is 35.2 Å². The monoisotopic (exact) mass is 446 g/mol. The first kappa shape index (κ1) is 20.8. The van der Waals surface area contributed by atoms with Crippen LogP contribution in [0.15, 0.2) is 84.3 Å². The molecule has 0 saturated carbocycles. The number of aryl methyl sites for hydroxylation is 2. The van der Waals surface area contributed by atoms with Crippen molar-refractivity contribution in [3.63, 3.8) is 0 Å². The van der Waals surface area contributed by atoms with E-state index in [9.17, 15) is 0 Å². The first-order chi connectivity index (χ1) is 16.4. The average molecular weight is 447 g/mol. The van der Waals surface area contributed by atoms with Crippen molar-refractivity contribution in [1.29, 1.82) is 0 Å². The van der Waals surface area contributed by atoms with Gasteiger partial charge in [-0.05, 0) is 73.7 Å². The number of rotatable bonds is 3. The second kappa shape index (κ2) is 7.36. The summed E-state index contributed by atoms with van der Waals surface area (Å²) in [6.07, 6.45) is 1.87. The SMILES string of the molecule is CC1=C(C)N(c2cccc(C3(c4ccn[nH]4)c4cc(C)ccc4-c4ccc(C)cc43)c2)CN1C. The highest BCUT2D eigenvalue weighted by Gasteiger charge is 2.47. The Labute approximate surface area is 201 Å². The Morgan fingerprint density at radius 1 is 0.794 bits per heavy atom. The van der Waals surface area contributed by atoms with Crippen molar-refractivity contribution < 1.29 is 0 Å². The summed E-state index contributed by atoms with van der Waals surface area (Å²) in [5.74, 6) is 0. The molecule has 34 heavy (non-hydrogen) atoms. The number of hydrogen-bond acceptors (Lipinski definition) is 3. The van der Waals surface area contributed by atoms with Crippen LogP contribution in [-0.2, 0) is 5.41 Å². The Morgan fingerprint density at radius 2 is 1.47 bits per heavy atom. The lowest BCUT2D eigenvalue weighted by Gasteiger charge is -2.33. The van der Waals surface area contributed by atoms with E-state index < -0.39 is 5.41 Å². The molecule has 2 aliphatic rings. The summed E-state index contributed by atoms with van der Waals surface area (Å²) in [5, 5.41) is 7.78. The molecular weight excluding hydrogens is 416 g/mol. The zero-order valence-electron chi connectivity index (χ0n) is 20.5. The summed E-state index contributed by atoms with van der Waals surface area (Å²) in [6, 6.07) is 24.9. The number of anilines is 1. The summed E-state index contributed by atoms with van der Waals surface area (Å²) in [4.78, 5) is 4.71. The third-order valence-electron chi connectivity index (χ3n) is 7.80. The molecule has 1 aliphatic heterocycles. The van der Waals surface area contributed by atoms with Crippen molar-refractivity contribution in [2.75, 3.05) is 18.6 Å². The second-order valence-electron chi connectivity index (χ2n) is 9.81. The highest BCUT2D eigenvalue weighted by Crippen LogP contribution is 2.56. The molecule has 0 unspecified atom stereocenters. The molecule has 3 aromatic carbocycles. The smallest absolute Gasteiger partial charge is 0.0943 e. The Hall–Kier alpha value is -3.79. The quantitative estimate of drug-likeness (QED) is 0.351. The van der Waals surface area contributed by atoms with E-state index in [2.05, 4.69) is 121 Å². The van der Waals surface area contributed by atoms with E-state index in [1.807, 2.05) is 6.20 Å². The van der Waals surface area contributed by atoms with Crippen LogP contribution in [-0.4, -0.2) is 28.8 Å². The van der Waals surface area contributed by atoms with Gasteiger partial charge in [-0.2, -0.15) is 5.10 Å². The number of nitrogens with one attached hydrogen (secondary N) is 1. The molecule has 1 N–H and O–H groups in total. The largest absolute Gasteiger partial charge is 0.359 e. The fourth-order valence-corrected chi connectivity index (χ4v) is 5.85. The average Bonchev–Trinajstić information content (AvgIpc) is 3.52. The molecule has 1 aromatic heterocycles. The molecular formula is C30H30N4. The molecule has 170 valence electrons. The Morgan fingerprint density at radius 3 is 2.03 bits per heavy atom. The minimum absolute atomic E-state index is 0.451. The highest BCUT2D eigenvalue weighted by atomic mass is 15.4. The maximum absolute atomic E-state index is 4.41. The zero-order valence-corrected chi connectivity index (χ0v) is 20.5. The van der Waals surface area contributed by atoms with Crippen LogP contribution in [0, 0.1) is 13.8 Å². The molecule has 6 rings (SSSR count). The molecule has 0 saturated heterocycles. The summed E-state index contributed by atoms with van der Waals surface area (Å²) < 4.78 is 0. The van der Waals surface area contributed by atoms with Crippen LogP contribution in [0.1, 0.15) is 47.4 Å². The zero-order chi connectivity index (χ0) is 23.6. The highest BCUT2D eigenvalue weighted by molar-refractivity contribution is 5.86. The van der Waals surface area contributed by atoms with E-state index in [0.29, 0.717) is 0 Å². The van der Waals surface area contributed by atoms with Gasteiger partial charge in [0, 0.05) is 30.3 Å². The number of fused-ring (bicyclic) bond motifs is 3. The van der Waals surface area contributed by atoms with E-state index in [-0.39, 0.29) is 0 Å². The van der Waals surface area contributed by atoms with Crippen LogP contribution in [0.25, 0.3) is 11.1 Å². The van der Waals surface area contributed by atoms with Crippen molar-refractivity contribution in [2.24, 2.45) is 0 Å². The molecule has 0 radical (unpaired) electrons. The number of aromatic amines is 1. The lowest BCUT2D eigenvalue weighted by atomic mass is 9.69. The number of benzene rings is 3. The molecule has 4 heteroatoms. The van der Waals surface area contributed by atoms with Gasteiger partial charge in [0.2, 0.25) is 0 Å². The Bertz CT molecular complexity index is 1390. The van der Waals surface area contributed by atoms with Gasteiger partial charge in [0.1, 0.15) is 0 Å². The minimum Gasteiger partial charge on any atom is -0.359 e. The van der Waals surface area contributed by atoms with E-state index >= 15 is 0 Å². The third-order valence-corrected chi connectivity index (χ3v) is 7.80. The van der Waals surface area contributed by atoms with Crippen LogP contribution in [0.2, 0.25) is 0 Å². The number of hydrogen-bond donors (Lipinski definition) is 1. The van der Waals surface area contributed by atoms with Gasteiger partial charge in [-0.25, -0.2) is 0 Å². The van der Waals surface area contributed by atoms with Crippen LogP contribution in [0.5, 0.6) is 0 Å². The fraction of sp³-hybridized carbons (Fsp3) is 0.233. The summed E-state index contributed by atoms with van der Waals surface area (Å²) in [5.41, 5.74) is 13.5. The normalized spacial score (nSPS) is 16.3. The molecule has 2 heterocycles. The van der Waals surface area contributed by atoms with E-state index in [0.717, 1.165) is 12.4 Å². The van der Waals surface area contributed by atoms with Gasteiger partial charge in [0.15, 0.2) is 0 Å². The van der Waals surface area contributed by atoms with Gasteiger partial charge >= 0.3 is 0 Å². The third kappa shape index (κ3) is 2.75. The lowest BCUT2D eigenvalue weighted by Crippen LogP contribution is -2.30. The molecule has 0 amide bonds. The molecule has 0 spiro atoms. The van der Waals surface area contributed by atoms with Gasteiger partial charge in [0.25, 0.3) is 0 Å². The standard InChI is InChI=1S/C30H30N4/c1-19-9-11-25-26-12-10-20(2)16-28(26)30(27(25)15-19,29-13-14-31-32-29)23-7-6-8-24(17-23)34-18-33(5)21(3)22(34)4/h6-17H,18H2,1-5H3,(H,31,32). The summed E-state index contributed by atoms with van der Waals surface area (Å²) in [7, 11) is 2.16. The minimum atomic E-state index is -0.451. The first-order valence-electron chi connectivity index (χ1n) is 11.9. The van der Waals surface area contributed by atoms with E-state index in [1.54, 1.807) is 0 Å². The molecule has 4 aromatic rings. The van der Waals surface area contributed by atoms with Gasteiger partial charge in [0.05, 0.1) is 17.8 Å². The molecule has 1 aliphatic carbocycles. The van der Waals surface area contributed by atoms with Crippen LogP contribution >= 0.6 is 0 Å². The van der Waals surface area contributed by atoms with Crippen LogP contribution in [0.4, 0.5) is 5.69 Å². The van der Waals surface area contributed by atoms with Gasteiger partial charge in [-0.3, -0.25) is 5.10 Å². The number of H-pyrrole nitrogens is 1. The van der Waals surface area contributed by atoms with Crippen LogP contribution < -0.4 is 4.90 Å². The van der Waals surface area contributed by atoms with Crippen molar-refractivity contribution in [1.82, 2.24) is 15.1 Å². The Kier molecular flexibility index (Phi) is 4.50. The van der Waals surface area contributed by atoms with E-state index in [4.69, 9.17) is 0 Å². The van der Waals surface area contributed by atoms with Crippen molar-refractivity contribution in [3.8, 4) is 11.1 Å². The molecule has 4 nitrogen and oxygen atoms in total. The summed E-state index contributed by atoms with van der Waals surface area (Å²) >= 11 is 0. The van der Waals surface area contributed by atoms with Gasteiger partial charge < -0.3 is 9.80 Å². The maximum atomic E-state index is 4.41. The predicted octanol–water partition coefficient (Wildman–Crippen LogP) is 6.35.